The molecule has 0 fully saturated rings. The van der Waals surface area contributed by atoms with E-state index in [1.165, 1.54) is 24.6 Å². The van der Waals surface area contributed by atoms with E-state index in [9.17, 15) is 19.7 Å². The number of ether oxygens (including phenoxy) is 1. The zero-order valence-corrected chi connectivity index (χ0v) is 16.7. The van der Waals surface area contributed by atoms with E-state index in [-0.39, 0.29) is 23.0 Å². The Morgan fingerprint density at radius 3 is 2.45 bits per heavy atom. The van der Waals surface area contributed by atoms with Crippen LogP contribution in [0, 0.1) is 10.1 Å². The maximum absolute atomic E-state index is 12.3. The van der Waals surface area contributed by atoms with Crippen LogP contribution in [0.25, 0.3) is 0 Å². The third kappa shape index (κ3) is 6.31. The Hall–Kier alpha value is -3.42. The largest absolute Gasteiger partial charge is 0.449 e. The lowest BCUT2D eigenvalue weighted by Crippen LogP contribution is -2.41. The summed E-state index contributed by atoms with van der Waals surface area (Å²) < 4.78 is 5.18. The number of esters is 1. The average molecular weight is 399 g/mol. The number of carbonyl (C=O) groups excluding carboxylic acids is 2. The Morgan fingerprint density at radius 1 is 1.14 bits per heavy atom. The number of hydrogen-bond acceptors (Lipinski definition) is 6. The smallest absolute Gasteiger partial charge is 0.339 e. The number of aryl methyl sites for hydroxylation is 1. The standard InChI is InChI=1S/C21H25N3O5/c1-14(9-10-16-7-5-4-6-8-16)23-20(25)15(2)29-21(26)17-11-12-18(22-3)19(13-17)24(27)28/h4-8,11-15,22H,9-10H2,1-3H3,(H,23,25)/t14-,15+/m0/s1. The third-order valence-corrected chi connectivity index (χ3v) is 4.45. The van der Waals surface area contributed by atoms with Gasteiger partial charge in [-0.1, -0.05) is 30.3 Å². The Bertz CT molecular complexity index is 870. The van der Waals surface area contributed by atoms with E-state index in [1.807, 2.05) is 37.3 Å². The second-order valence-electron chi connectivity index (χ2n) is 6.72. The van der Waals surface area contributed by atoms with Crippen molar-refractivity contribution in [1.82, 2.24) is 5.32 Å². The molecule has 0 aliphatic carbocycles. The van der Waals surface area contributed by atoms with Gasteiger partial charge in [0, 0.05) is 19.2 Å². The Labute approximate surface area is 169 Å². The number of carbonyl (C=O) groups is 2. The molecule has 2 aromatic rings. The molecule has 0 aliphatic rings. The van der Waals surface area contributed by atoms with Crippen molar-refractivity contribution in [3.05, 3.63) is 69.8 Å². The van der Waals surface area contributed by atoms with Crippen molar-refractivity contribution in [3.63, 3.8) is 0 Å². The van der Waals surface area contributed by atoms with Gasteiger partial charge in [0.2, 0.25) is 0 Å². The summed E-state index contributed by atoms with van der Waals surface area (Å²) in [6.45, 7) is 3.35. The number of rotatable bonds is 9. The quantitative estimate of drug-likeness (QED) is 0.380. The Morgan fingerprint density at radius 2 is 1.83 bits per heavy atom. The van der Waals surface area contributed by atoms with Crippen LogP contribution in [-0.2, 0) is 16.0 Å². The van der Waals surface area contributed by atoms with Gasteiger partial charge < -0.3 is 15.4 Å². The highest BCUT2D eigenvalue weighted by molar-refractivity contribution is 5.93. The van der Waals surface area contributed by atoms with E-state index in [1.54, 1.807) is 7.05 Å². The van der Waals surface area contributed by atoms with Crippen LogP contribution in [-0.4, -0.2) is 36.0 Å². The molecule has 2 atom stereocenters. The van der Waals surface area contributed by atoms with E-state index < -0.39 is 22.9 Å². The lowest BCUT2D eigenvalue weighted by atomic mass is 10.1. The predicted octanol–water partition coefficient (Wildman–Crippen LogP) is 3.32. The Balaban J connectivity index is 1.90. The molecule has 29 heavy (non-hydrogen) atoms. The van der Waals surface area contributed by atoms with Gasteiger partial charge in [-0.15, -0.1) is 0 Å². The average Bonchev–Trinajstić information content (AvgIpc) is 2.72. The fraction of sp³-hybridized carbons (Fsp3) is 0.333. The first-order valence-corrected chi connectivity index (χ1v) is 9.33. The number of amides is 1. The number of benzene rings is 2. The van der Waals surface area contributed by atoms with Gasteiger partial charge in [-0.25, -0.2) is 4.79 Å². The summed E-state index contributed by atoms with van der Waals surface area (Å²) in [4.78, 5) is 35.1. The Kier molecular flexibility index (Phi) is 7.70. The molecule has 8 heteroatoms. The normalized spacial score (nSPS) is 12.5. The fourth-order valence-corrected chi connectivity index (χ4v) is 2.76. The third-order valence-electron chi connectivity index (χ3n) is 4.45. The molecule has 154 valence electrons. The molecular formula is C21H25N3O5. The van der Waals surface area contributed by atoms with Crippen LogP contribution >= 0.6 is 0 Å². The SMILES string of the molecule is CNc1ccc(C(=O)O[C@H](C)C(=O)N[C@@H](C)CCc2ccccc2)cc1[N+](=O)[O-]. The van der Waals surface area contributed by atoms with Gasteiger partial charge >= 0.3 is 5.97 Å². The van der Waals surface area contributed by atoms with E-state index in [4.69, 9.17) is 4.74 Å². The minimum absolute atomic E-state index is 0.00692. The summed E-state index contributed by atoms with van der Waals surface area (Å²) in [5.74, 6) is -1.21. The number of nitrogens with one attached hydrogen (secondary N) is 2. The zero-order chi connectivity index (χ0) is 21.4. The summed E-state index contributed by atoms with van der Waals surface area (Å²) in [6.07, 6.45) is 0.538. The van der Waals surface area contributed by atoms with E-state index in [0.717, 1.165) is 18.9 Å². The molecule has 1 amide bonds. The van der Waals surface area contributed by atoms with Gasteiger partial charge in [-0.3, -0.25) is 14.9 Å². The van der Waals surface area contributed by atoms with Crippen molar-refractivity contribution >= 4 is 23.3 Å². The summed E-state index contributed by atoms with van der Waals surface area (Å²) in [6, 6.07) is 13.8. The molecule has 0 heterocycles. The first kappa shape index (κ1) is 21.9. The minimum atomic E-state index is -1.02. The highest BCUT2D eigenvalue weighted by Crippen LogP contribution is 2.25. The molecule has 8 nitrogen and oxygen atoms in total. The van der Waals surface area contributed by atoms with Crippen LogP contribution in [0.3, 0.4) is 0 Å². The molecule has 0 saturated heterocycles. The van der Waals surface area contributed by atoms with Crippen LogP contribution in [0.2, 0.25) is 0 Å². The van der Waals surface area contributed by atoms with Crippen molar-refractivity contribution in [1.29, 1.82) is 0 Å². The highest BCUT2D eigenvalue weighted by atomic mass is 16.6. The van der Waals surface area contributed by atoms with Crippen molar-refractivity contribution in [2.75, 3.05) is 12.4 Å². The lowest BCUT2D eigenvalue weighted by Gasteiger charge is -2.18. The summed E-state index contributed by atoms with van der Waals surface area (Å²) in [5.41, 5.74) is 1.23. The minimum Gasteiger partial charge on any atom is -0.449 e. The monoisotopic (exact) mass is 399 g/mol. The maximum Gasteiger partial charge on any atom is 0.339 e. The molecular weight excluding hydrogens is 374 g/mol. The fourth-order valence-electron chi connectivity index (χ4n) is 2.76. The van der Waals surface area contributed by atoms with Crippen LogP contribution in [0.1, 0.15) is 36.2 Å². The molecule has 0 radical (unpaired) electrons. The number of nitro groups is 1. The lowest BCUT2D eigenvalue weighted by molar-refractivity contribution is -0.384. The summed E-state index contributed by atoms with van der Waals surface area (Å²) >= 11 is 0. The van der Waals surface area contributed by atoms with Crippen molar-refractivity contribution < 1.29 is 19.2 Å². The molecule has 2 N–H and O–H groups in total. The van der Waals surface area contributed by atoms with Crippen LogP contribution < -0.4 is 10.6 Å². The molecule has 0 unspecified atom stereocenters. The summed E-state index contributed by atoms with van der Waals surface area (Å²) in [7, 11) is 1.55. The predicted molar refractivity (Wildman–Crippen MR) is 110 cm³/mol. The number of hydrogen-bond donors (Lipinski definition) is 2. The second kappa shape index (κ2) is 10.2. The molecule has 0 aromatic heterocycles. The molecule has 2 rings (SSSR count). The number of nitro benzene ring substituents is 1. The van der Waals surface area contributed by atoms with E-state index in [0.29, 0.717) is 0 Å². The van der Waals surface area contributed by atoms with Crippen LogP contribution in [0.15, 0.2) is 48.5 Å². The van der Waals surface area contributed by atoms with Gasteiger partial charge in [0.1, 0.15) is 5.69 Å². The molecule has 2 aromatic carbocycles. The molecule has 0 spiro atoms. The number of nitrogens with zero attached hydrogens (tertiary/aromatic N) is 1. The first-order chi connectivity index (χ1) is 13.8. The highest BCUT2D eigenvalue weighted by Gasteiger charge is 2.23. The zero-order valence-electron chi connectivity index (χ0n) is 16.7. The first-order valence-electron chi connectivity index (χ1n) is 9.33. The number of anilines is 1. The van der Waals surface area contributed by atoms with Crippen molar-refractivity contribution in [3.8, 4) is 0 Å². The van der Waals surface area contributed by atoms with Gasteiger partial charge in [-0.05, 0) is 44.4 Å². The van der Waals surface area contributed by atoms with Gasteiger partial charge in [-0.2, -0.15) is 0 Å². The van der Waals surface area contributed by atoms with E-state index in [2.05, 4.69) is 10.6 Å². The molecule has 0 saturated carbocycles. The summed E-state index contributed by atoms with van der Waals surface area (Å²) in [5, 5.41) is 16.6. The van der Waals surface area contributed by atoms with Crippen LogP contribution in [0.5, 0.6) is 0 Å². The van der Waals surface area contributed by atoms with Gasteiger partial charge in [0.05, 0.1) is 10.5 Å². The van der Waals surface area contributed by atoms with Crippen molar-refractivity contribution in [2.24, 2.45) is 0 Å². The molecule has 0 bridgehead atoms. The van der Waals surface area contributed by atoms with E-state index >= 15 is 0 Å². The van der Waals surface area contributed by atoms with Gasteiger partial charge in [0.25, 0.3) is 11.6 Å². The van der Waals surface area contributed by atoms with Gasteiger partial charge in [0.15, 0.2) is 6.10 Å². The van der Waals surface area contributed by atoms with Crippen LogP contribution in [0.4, 0.5) is 11.4 Å². The molecule has 0 aliphatic heterocycles. The topological polar surface area (TPSA) is 111 Å². The second-order valence-corrected chi connectivity index (χ2v) is 6.72. The maximum atomic E-state index is 12.3. The van der Waals surface area contributed by atoms with Crippen molar-refractivity contribution in [2.45, 2.75) is 38.8 Å².